The highest BCUT2D eigenvalue weighted by molar-refractivity contribution is 9.10. The van der Waals surface area contributed by atoms with Crippen LogP contribution in [-0.4, -0.2) is 6.61 Å². The molecule has 3 heteroatoms. The van der Waals surface area contributed by atoms with Crippen LogP contribution in [0.1, 0.15) is 16.7 Å². The molecule has 2 aromatic carbocycles. The molecule has 0 fully saturated rings. The lowest BCUT2D eigenvalue weighted by Crippen LogP contribution is -2.05. The van der Waals surface area contributed by atoms with E-state index < -0.39 is 0 Å². The van der Waals surface area contributed by atoms with Gasteiger partial charge in [-0.3, -0.25) is 0 Å². The normalized spacial score (nSPS) is 10.0. The summed E-state index contributed by atoms with van der Waals surface area (Å²) in [5.74, 6) is 3.32. The first-order valence-corrected chi connectivity index (χ1v) is 7.56. The van der Waals surface area contributed by atoms with Crippen molar-refractivity contribution in [3.05, 3.63) is 57.6 Å². The Morgan fingerprint density at radius 2 is 1.86 bits per heavy atom. The monoisotopic (exact) mass is 343 g/mol. The number of aryl methyl sites for hydroxylation is 2. The lowest BCUT2D eigenvalue weighted by Gasteiger charge is -2.15. The number of hydrogen-bond donors (Lipinski definition) is 1. The van der Waals surface area contributed by atoms with E-state index >= 15 is 0 Å². The fraction of sp³-hybridized carbons (Fsp3) is 0.222. The molecule has 0 atom stereocenters. The molecule has 0 aromatic heterocycles. The van der Waals surface area contributed by atoms with Gasteiger partial charge in [-0.15, -0.1) is 6.42 Å². The van der Waals surface area contributed by atoms with E-state index in [1.54, 1.807) is 0 Å². The van der Waals surface area contributed by atoms with E-state index in [0.717, 1.165) is 21.5 Å². The van der Waals surface area contributed by atoms with Crippen molar-refractivity contribution in [2.45, 2.75) is 20.4 Å². The molecule has 0 aliphatic heterocycles. The van der Waals surface area contributed by atoms with Gasteiger partial charge >= 0.3 is 0 Å². The minimum atomic E-state index is 0.285. The molecule has 0 unspecified atom stereocenters. The minimum Gasteiger partial charge on any atom is -0.481 e. The predicted molar refractivity (Wildman–Crippen MR) is 91.7 cm³/mol. The highest BCUT2D eigenvalue weighted by atomic mass is 79.9. The maximum absolute atomic E-state index is 5.57. The van der Waals surface area contributed by atoms with Crippen LogP contribution in [0, 0.1) is 26.2 Å². The van der Waals surface area contributed by atoms with Crippen LogP contribution >= 0.6 is 15.9 Å². The van der Waals surface area contributed by atoms with Gasteiger partial charge in [0.1, 0.15) is 12.4 Å². The molecule has 1 N–H and O–H groups in total. The van der Waals surface area contributed by atoms with Crippen LogP contribution in [0.5, 0.6) is 5.75 Å². The lowest BCUT2D eigenvalue weighted by atomic mass is 10.1. The average molecular weight is 344 g/mol. The second kappa shape index (κ2) is 7.19. The summed E-state index contributed by atoms with van der Waals surface area (Å²) in [7, 11) is 0. The zero-order valence-corrected chi connectivity index (χ0v) is 13.8. The van der Waals surface area contributed by atoms with Crippen molar-refractivity contribution in [3.8, 4) is 18.1 Å². The molecule has 0 bridgehead atoms. The van der Waals surface area contributed by atoms with E-state index in [1.807, 2.05) is 24.3 Å². The number of terminal acetylenes is 1. The average Bonchev–Trinajstić information content (AvgIpc) is 2.45. The zero-order chi connectivity index (χ0) is 15.2. The summed E-state index contributed by atoms with van der Waals surface area (Å²) in [5, 5.41) is 3.49. The summed E-state index contributed by atoms with van der Waals surface area (Å²) in [6.45, 7) is 5.18. The Balaban J connectivity index is 2.16. The van der Waals surface area contributed by atoms with Crippen LogP contribution in [0.2, 0.25) is 0 Å². The number of rotatable bonds is 5. The highest BCUT2D eigenvalue weighted by Crippen LogP contribution is 2.26. The van der Waals surface area contributed by atoms with Crippen molar-refractivity contribution in [1.82, 2.24) is 0 Å². The van der Waals surface area contributed by atoms with Crippen LogP contribution in [0.15, 0.2) is 40.9 Å². The van der Waals surface area contributed by atoms with E-state index in [-0.39, 0.29) is 6.61 Å². The Kier molecular flexibility index (Phi) is 5.30. The lowest BCUT2D eigenvalue weighted by molar-refractivity contribution is 0.366. The van der Waals surface area contributed by atoms with E-state index in [0.29, 0.717) is 6.54 Å². The van der Waals surface area contributed by atoms with Gasteiger partial charge in [0.2, 0.25) is 0 Å². The minimum absolute atomic E-state index is 0.285. The quantitative estimate of drug-likeness (QED) is 0.795. The summed E-state index contributed by atoms with van der Waals surface area (Å²) < 4.78 is 6.67. The molecule has 0 saturated heterocycles. The summed E-state index contributed by atoms with van der Waals surface area (Å²) in [6, 6.07) is 12.1. The fourth-order valence-corrected chi connectivity index (χ4v) is 2.97. The summed E-state index contributed by atoms with van der Waals surface area (Å²) >= 11 is 3.52. The van der Waals surface area contributed by atoms with Crippen molar-refractivity contribution in [3.63, 3.8) is 0 Å². The van der Waals surface area contributed by atoms with Crippen LogP contribution < -0.4 is 10.1 Å². The van der Waals surface area contributed by atoms with Crippen LogP contribution in [0.25, 0.3) is 0 Å². The van der Waals surface area contributed by atoms with Gasteiger partial charge in [0.15, 0.2) is 0 Å². The summed E-state index contributed by atoms with van der Waals surface area (Å²) in [4.78, 5) is 0. The van der Waals surface area contributed by atoms with Gasteiger partial charge in [0.05, 0.1) is 0 Å². The molecular weight excluding hydrogens is 326 g/mol. The molecule has 0 aliphatic rings. The second-order valence-electron chi connectivity index (χ2n) is 4.87. The molecule has 0 amide bonds. The van der Waals surface area contributed by atoms with Crippen LogP contribution in [-0.2, 0) is 6.54 Å². The summed E-state index contributed by atoms with van der Waals surface area (Å²) in [6.07, 6.45) is 5.25. The number of nitrogens with one attached hydrogen (secondary N) is 1. The van der Waals surface area contributed by atoms with E-state index in [1.165, 1.54) is 11.1 Å². The molecule has 0 radical (unpaired) electrons. The molecular formula is C18H18BrNO. The summed E-state index contributed by atoms with van der Waals surface area (Å²) in [5.41, 5.74) is 4.67. The number of hydrogen-bond acceptors (Lipinski definition) is 2. The van der Waals surface area contributed by atoms with Gasteiger partial charge in [-0.05, 0) is 43.2 Å². The van der Waals surface area contributed by atoms with E-state index in [9.17, 15) is 0 Å². The molecule has 0 heterocycles. The molecule has 0 saturated carbocycles. The Hall–Kier alpha value is -1.92. The van der Waals surface area contributed by atoms with Gasteiger partial charge < -0.3 is 10.1 Å². The molecule has 108 valence electrons. The third-order valence-corrected chi connectivity index (χ3v) is 3.69. The second-order valence-corrected chi connectivity index (χ2v) is 5.78. The Bertz CT molecular complexity index is 650. The van der Waals surface area contributed by atoms with Crippen molar-refractivity contribution in [2.75, 3.05) is 11.9 Å². The largest absolute Gasteiger partial charge is 0.481 e. The topological polar surface area (TPSA) is 21.3 Å². The first kappa shape index (κ1) is 15.5. The number of anilines is 1. The van der Waals surface area contributed by atoms with E-state index in [2.05, 4.69) is 53.1 Å². The molecule has 0 aliphatic carbocycles. The van der Waals surface area contributed by atoms with E-state index in [4.69, 9.17) is 11.2 Å². The SMILES string of the molecule is C#CCOc1ccccc1CNc1c(C)cc(Br)cc1C. The molecule has 2 rings (SSSR count). The first-order valence-electron chi connectivity index (χ1n) is 6.76. The Morgan fingerprint density at radius 1 is 1.19 bits per heavy atom. The van der Waals surface area contributed by atoms with Crippen molar-refractivity contribution in [1.29, 1.82) is 0 Å². The number of halogens is 1. The van der Waals surface area contributed by atoms with Gasteiger partial charge in [0.25, 0.3) is 0 Å². The molecule has 0 spiro atoms. The van der Waals surface area contributed by atoms with Gasteiger partial charge in [-0.2, -0.15) is 0 Å². The zero-order valence-electron chi connectivity index (χ0n) is 12.2. The number of benzene rings is 2. The molecule has 2 nitrogen and oxygen atoms in total. The van der Waals surface area contributed by atoms with Crippen molar-refractivity contribution in [2.24, 2.45) is 0 Å². The molecule has 21 heavy (non-hydrogen) atoms. The third kappa shape index (κ3) is 4.03. The fourth-order valence-electron chi connectivity index (χ4n) is 2.28. The Morgan fingerprint density at radius 3 is 2.52 bits per heavy atom. The van der Waals surface area contributed by atoms with Crippen LogP contribution in [0.3, 0.4) is 0 Å². The molecule has 2 aromatic rings. The Labute approximate surface area is 134 Å². The van der Waals surface area contributed by atoms with Crippen molar-refractivity contribution >= 4 is 21.6 Å². The predicted octanol–water partition coefficient (Wildman–Crippen LogP) is 4.69. The van der Waals surface area contributed by atoms with Gasteiger partial charge in [-0.1, -0.05) is 40.0 Å². The standard InChI is InChI=1S/C18H18BrNO/c1-4-9-21-17-8-6-5-7-15(17)12-20-18-13(2)10-16(19)11-14(18)3/h1,5-8,10-11,20H,9,12H2,2-3H3. The number of ether oxygens (including phenoxy) is 1. The first-order chi connectivity index (χ1) is 10.1. The van der Waals surface area contributed by atoms with Crippen LogP contribution in [0.4, 0.5) is 5.69 Å². The maximum Gasteiger partial charge on any atom is 0.148 e. The van der Waals surface area contributed by atoms with Crippen molar-refractivity contribution < 1.29 is 4.74 Å². The highest BCUT2D eigenvalue weighted by Gasteiger charge is 2.06. The smallest absolute Gasteiger partial charge is 0.148 e. The maximum atomic E-state index is 5.57. The van der Waals surface area contributed by atoms with Gasteiger partial charge in [0, 0.05) is 22.3 Å². The van der Waals surface area contributed by atoms with Gasteiger partial charge in [-0.25, -0.2) is 0 Å². The third-order valence-electron chi connectivity index (χ3n) is 3.24. The number of para-hydroxylation sites is 1.